The van der Waals surface area contributed by atoms with Crippen molar-refractivity contribution in [2.45, 2.75) is 6.92 Å². The molecule has 5 heteroatoms. The van der Waals surface area contributed by atoms with Gasteiger partial charge in [0, 0.05) is 32.9 Å². The summed E-state index contributed by atoms with van der Waals surface area (Å²) < 4.78 is 1.15. The third kappa shape index (κ3) is 2.30. The molecule has 0 spiro atoms. The molecule has 0 aliphatic heterocycles. The number of aromatic amines is 1. The van der Waals surface area contributed by atoms with Crippen molar-refractivity contribution in [3.05, 3.63) is 64.8 Å². The number of carbonyl (C=O) groups is 1. The highest BCUT2D eigenvalue weighted by Crippen LogP contribution is 2.36. The number of fused-ring (bicyclic) bond motifs is 2. The van der Waals surface area contributed by atoms with Crippen LogP contribution in [0.2, 0.25) is 0 Å². The molecule has 3 aromatic heterocycles. The first kappa shape index (κ1) is 14.7. The van der Waals surface area contributed by atoms with E-state index in [9.17, 15) is 4.79 Å². The smallest absolute Gasteiger partial charge is 0.250 e. The number of carbonyl (C=O) groups excluding carboxylic acids is 1. The van der Waals surface area contributed by atoms with Gasteiger partial charge in [0.25, 0.3) is 0 Å². The van der Waals surface area contributed by atoms with Crippen molar-refractivity contribution in [1.29, 1.82) is 0 Å². The van der Waals surface area contributed by atoms with E-state index in [1.54, 1.807) is 17.5 Å². The number of primary amides is 1. The van der Waals surface area contributed by atoms with Crippen molar-refractivity contribution in [3.8, 4) is 0 Å². The van der Waals surface area contributed by atoms with E-state index in [2.05, 4.69) is 22.1 Å². The Kier molecular flexibility index (Phi) is 3.43. The summed E-state index contributed by atoms with van der Waals surface area (Å²) in [6.07, 6.45) is 5.43. The quantitative estimate of drug-likeness (QED) is 0.554. The number of nitrogens with one attached hydrogen (secondary N) is 1. The lowest BCUT2D eigenvalue weighted by Crippen LogP contribution is -2.12. The van der Waals surface area contributed by atoms with E-state index in [-0.39, 0.29) is 0 Å². The van der Waals surface area contributed by atoms with Crippen molar-refractivity contribution in [3.63, 3.8) is 0 Å². The average Bonchev–Trinajstić information content (AvgIpc) is 3.14. The lowest BCUT2D eigenvalue weighted by molar-refractivity contribution is -0.112. The Morgan fingerprint density at radius 2 is 2.00 bits per heavy atom. The summed E-state index contributed by atoms with van der Waals surface area (Å²) in [4.78, 5) is 20.4. The summed E-state index contributed by atoms with van der Waals surface area (Å²) in [6, 6.07) is 12.0. The number of nitrogens with zero attached hydrogens (tertiary/aromatic N) is 1. The first-order chi connectivity index (χ1) is 11.6. The van der Waals surface area contributed by atoms with Crippen LogP contribution in [0, 0.1) is 6.92 Å². The highest BCUT2D eigenvalue weighted by atomic mass is 32.1. The highest BCUT2D eigenvalue weighted by molar-refractivity contribution is 7.20. The Labute approximate surface area is 142 Å². The maximum Gasteiger partial charge on any atom is 0.250 e. The molecule has 4 nitrogen and oxygen atoms in total. The average molecular weight is 333 g/mol. The Morgan fingerprint density at radius 3 is 2.79 bits per heavy atom. The Morgan fingerprint density at radius 1 is 1.21 bits per heavy atom. The van der Waals surface area contributed by atoms with Crippen LogP contribution in [-0.4, -0.2) is 15.9 Å². The third-order valence-corrected chi connectivity index (χ3v) is 5.44. The van der Waals surface area contributed by atoms with Crippen molar-refractivity contribution in [2.24, 2.45) is 5.73 Å². The number of aromatic nitrogens is 2. The molecule has 0 saturated carbocycles. The van der Waals surface area contributed by atoms with Gasteiger partial charge in [0.15, 0.2) is 0 Å². The normalized spacial score (nSPS) is 12.1. The lowest BCUT2D eigenvalue weighted by atomic mass is 10.0. The van der Waals surface area contributed by atoms with Crippen LogP contribution >= 0.6 is 11.3 Å². The van der Waals surface area contributed by atoms with Crippen molar-refractivity contribution >= 4 is 50.0 Å². The van der Waals surface area contributed by atoms with Gasteiger partial charge in [-0.25, -0.2) is 4.98 Å². The summed E-state index contributed by atoms with van der Waals surface area (Å²) >= 11 is 1.59. The topological polar surface area (TPSA) is 71.8 Å². The van der Waals surface area contributed by atoms with Crippen LogP contribution in [0.4, 0.5) is 0 Å². The maximum absolute atomic E-state index is 12.1. The van der Waals surface area contributed by atoms with E-state index in [0.717, 1.165) is 37.1 Å². The molecule has 0 aliphatic rings. The van der Waals surface area contributed by atoms with Crippen LogP contribution in [0.5, 0.6) is 0 Å². The van der Waals surface area contributed by atoms with Gasteiger partial charge in [-0.15, -0.1) is 11.3 Å². The fraction of sp³-hybridized carbons (Fsp3) is 0.0526. The molecule has 0 radical (unpaired) electrons. The largest absolute Gasteiger partial charge is 0.366 e. The van der Waals surface area contributed by atoms with Crippen LogP contribution in [-0.2, 0) is 4.79 Å². The Hall–Kier alpha value is -2.92. The predicted octanol–water partition coefficient (Wildman–Crippen LogP) is 4.11. The summed E-state index contributed by atoms with van der Waals surface area (Å²) in [5, 5.41) is 2.13. The van der Waals surface area contributed by atoms with Crippen molar-refractivity contribution in [2.75, 3.05) is 0 Å². The van der Waals surface area contributed by atoms with Gasteiger partial charge in [0.05, 0.1) is 5.57 Å². The number of nitrogens with two attached hydrogens (primary N) is 1. The number of amides is 1. The molecule has 0 atom stereocenters. The summed E-state index contributed by atoms with van der Waals surface area (Å²) in [5.41, 5.74) is 9.00. The fourth-order valence-corrected chi connectivity index (χ4v) is 4.16. The highest BCUT2D eigenvalue weighted by Gasteiger charge is 2.17. The minimum Gasteiger partial charge on any atom is -0.366 e. The molecule has 0 fully saturated rings. The second-order valence-corrected chi connectivity index (χ2v) is 6.67. The Balaban J connectivity index is 1.94. The number of pyridine rings is 1. The fourth-order valence-electron chi connectivity index (χ4n) is 2.93. The molecule has 1 amide bonds. The molecule has 118 valence electrons. The molecular weight excluding hydrogens is 318 g/mol. The first-order valence-corrected chi connectivity index (χ1v) is 8.39. The van der Waals surface area contributed by atoms with E-state index in [1.807, 2.05) is 43.5 Å². The van der Waals surface area contributed by atoms with Crippen LogP contribution in [0.3, 0.4) is 0 Å². The standard InChI is InChI=1S/C19H15N3OS/c1-11-13-5-2-3-7-16(13)24-17(11)15(18(20)23)9-12-10-22-19-14(12)6-4-8-21-19/h2-10H,1H3,(H2,20,23)(H,21,22)/b15-9-. The van der Waals surface area contributed by atoms with Gasteiger partial charge in [0.2, 0.25) is 5.91 Å². The van der Waals surface area contributed by atoms with Gasteiger partial charge in [-0.05, 0) is 42.1 Å². The molecule has 3 heterocycles. The van der Waals surface area contributed by atoms with Crippen molar-refractivity contribution < 1.29 is 4.79 Å². The summed E-state index contributed by atoms with van der Waals surface area (Å²) in [7, 11) is 0. The molecule has 24 heavy (non-hydrogen) atoms. The third-order valence-electron chi connectivity index (χ3n) is 4.14. The minimum absolute atomic E-state index is 0.428. The van der Waals surface area contributed by atoms with Crippen LogP contribution in [0.1, 0.15) is 16.0 Å². The van der Waals surface area contributed by atoms with Crippen molar-refractivity contribution in [1.82, 2.24) is 9.97 Å². The zero-order valence-electron chi connectivity index (χ0n) is 13.0. The van der Waals surface area contributed by atoms with Crippen LogP contribution < -0.4 is 5.73 Å². The number of aryl methyl sites for hydroxylation is 1. The van der Waals surface area contributed by atoms with Crippen LogP contribution in [0.25, 0.3) is 32.8 Å². The molecule has 0 unspecified atom stereocenters. The summed E-state index contributed by atoms with van der Waals surface area (Å²) in [6.45, 7) is 2.03. The number of rotatable bonds is 3. The number of hydrogen-bond acceptors (Lipinski definition) is 3. The molecule has 4 rings (SSSR count). The number of hydrogen-bond donors (Lipinski definition) is 2. The number of thiophene rings is 1. The van der Waals surface area contributed by atoms with E-state index < -0.39 is 5.91 Å². The van der Waals surface area contributed by atoms with Gasteiger partial charge < -0.3 is 10.7 Å². The Bertz CT molecular complexity index is 1100. The second kappa shape index (κ2) is 5.62. The lowest BCUT2D eigenvalue weighted by Gasteiger charge is -2.02. The van der Waals surface area contributed by atoms with E-state index in [0.29, 0.717) is 5.57 Å². The van der Waals surface area contributed by atoms with Crippen LogP contribution in [0.15, 0.2) is 48.8 Å². The van der Waals surface area contributed by atoms with Gasteiger partial charge in [-0.2, -0.15) is 0 Å². The monoisotopic (exact) mass is 333 g/mol. The second-order valence-electron chi connectivity index (χ2n) is 5.62. The van der Waals surface area contributed by atoms with E-state index in [1.165, 1.54) is 0 Å². The van der Waals surface area contributed by atoms with E-state index in [4.69, 9.17) is 5.73 Å². The molecule has 4 aromatic rings. The van der Waals surface area contributed by atoms with Gasteiger partial charge >= 0.3 is 0 Å². The van der Waals surface area contributed by atoms with Gasteiger partial charge in [-0.1, -0.05) is 18.2 Å². The van der Waals surface area contributed by atoms with E-state index >= 15 is 0 Å². The molecule has 0 saturated heterocycles. The SMILES string of the molecule is Cc1c(/C(=C/c2c[nH]c3ncccc23)C(N)=O)sc2ccccc12. The first-order valence-electron chi connectivity index (χ1n) is 7.57. The molecular formula is C19H15N3OS. The molecule has 1 aromatic carbocycles. The minimum atomic E-state index is -0.428. The maximum atomic E-state index is 12.1. The number of H-pyrrole nitrogens is 1. The molecule has 0 bridgehead atoms. The molecule has 3 N–H and O–H groups in total. The number of benzene rings is 1. The molecule has 0 aliphatic carbocycles. The van der Waals surface area contributed by atoms with Gasteiger partial charge in [-0.3, -0.25) is 4.79 Å². The zero-order valence-corrected chi connectivity index (χ0v) is 13.9. The predicted molar refractivity (Wildman–Crippen MR) is 99.7 cm³/mol. The zero-order chi connectivity index (χ0) is 16.7. The summed E-state index contributed by atoms with van der Waals surface area (Å²) in [5.74, 6) is -0.428. The van der Waals surface area contributed by atoms with Gasteiger partial charge in [0.1, 0.15) is 5.65 Å².